The molecule has 0 bridgehead atoms. The number of benzene rings is 5. The molecular weight excluding hydrogens is 1280 g/mol. The summed E-state index contributed by atoms with van der Waals surface area (Å²) in [6.45, 7) is -1.71. The Hall–Kier alpha value is -10.5. The number of aliphatic hydroxyl groups is 3. The fourth-order valence-electron chi connectivity index (χ4n) is 11.3. The summed E-state index contributed by atoms with van der Waals surface area (Å²) in [5, 5.41) is 63.9. The van der Waals surface area contributed by atoms with E-state index >= 15 is 0 Å². The summed E-state index contributed by atoms with van der Waals surface area (Å²) >= 11 is 0. The standard InChI is InChI=1S/2C24H23F2N3O4.C23H23FN4O4/c2*25-19-10-18(19)24(32)28-17-3-1-2-14(9-17)15-4-5-21(16(8-15)11-27)33-22-6-7-29(12-20(22)26)23(31)13-30;24-18-12-28(22(30)13-29)8-6-21(18)32-20-4-3-15(9-16(20)11-25)19-10-17(5-7-26-19)27-23(31)14-1-2-14/h2*1-5,8-9,18-20,22,30H,6-7,10,12-13H2,(H,28,32);3-5,7,9-10,14,18,21,29H,1-2,6,8,12-13H2,(H,26,27,31)/t18?,19-,20+,22-;18-,19-,20-,22+;18-,21+/m011/s1. The van der Waals surface area contributed by atoms with Crippen LogP contribution in [0.1, 0.15) is 61.6 Å². The van der Waals surface area contributed by atoms with Crippen molar-refractivity contribution in [2.75, 3.05) is 75.0 Å². The van der Waals surface area contributed by atoms with Crippen LogP contribution in [0.15, 0.2) is 121 Å². The number of aliphatic hydroxyl groups excluding tert-OH is 3. The third-order valence-corrected chi connectivity index (χ3v) is 17.3. The molecule has 0 radical (unpaired) electrons. The highest BCUT2D eigenvalue weighted by Crippen LogP contribution is 2.39. The van der Waals surface area contributed by atoms with Gasteiger partial charge in [-0.15, -0.1) is 0 Å². The zero-order chi connectivity index (χ0) is 69.7. The van der Waals surface area contributed by atoms with Gasteiger partial charge in [-0.25, -0.2) is 22.0 Å². The van der Waals surface area contributed by atoms with Gasteiger partial charge in [0.15, 0.2) is 18.5 Å². The van der Waals surface area contributed by atoms with Gasteiger partial charge in [0.25, 0.3) is 0 Å². The number of pyridine rings is 1. The van der Waals surface area contributed by atoms with Crippen LogP contribution < -0.4 is 30.2 Å². The predicted octanol–water partition coefficient (Wildman–Crippen LogP) is 7.94. The number of hydrogen-bond acceptors (Lipinski definition) is 16. The molecular formula is C71H69F5N10O12. The van der Waals surface area contributed by atoms with Crippen LogP contribution in [0.5, 0.6) is 17.2 Å². The normalized spacial score (nSPS) is 22.8. The third-order valence-electron chi connectivity index (χ3n) is 17.3. The molecule has 6 fully saturated rings. The number of nitrogens with one attached hydrogen (secondary N) is 3. The lowest BCUT2D eigenvalue weighted by Gasteiger charge is -2.34. The highest BCUT2D eigenvalue weighted by Gasteiger charge is 2.45. The minimum Gasteiger partial charge on any atom is -0.486 e. The monoisotopic (exact) mass is 1350 g/mol. The van der Waals surface area contributed by atoms with Gasteiger partial charge in [0.2, 0.25) is 35.4 Å². The third kappa shape index (κ3) is 17.9. The number of hydrogen-bond donors (Lipinski definition) is 6. The second-order valence-electron chi connectivity index (χ2n) is 24.4. The van der Waals surface area contributed by atoms with Gasteiger partial charge < -0.3 is 60.2 Å². The molecule has 22 nitrogen and oxygen atoms in total. The van der Waals surface area contributed by atoms with E-state index in [1.165, 1.54) is 14.7 Å². The van der Waals surface area contributed by atoms with Gasteiger partial charge in [-0.2, -0.15) is 15.8 Å². The molecule has 12 rings (SSSR count). The van der Waals surface area contributed by atoms with Crippen molar-refractivity contribution in [2.24, 2.45) is 17.8 Å². The Balaban J connectivity index is 0.000000159. The molecule has 3 saturated carbocycles. The Kier molecular flexibility index (Phi) is 23.0. The van der Waals surface area contributed by atoms with Gasteiger partial charge in [-0.05, 0) is 127 Å². The maximum Gasteiger partial charge on any atom is 0.248 e. The van der Waals surface area contributed by atoms with E-state index in [1.807, 2.05) is 12.1 Å². The van der Waals surface area contributed by atoms with Gasteiger partial charge in [-0.1, -0.05) is 36.4 Å². The van der Waals surface area contributed by atoms with Crippen molar-refractivity contribution >= 4 is 52.5 Å². The highest BCUT2D eigenvalue weighted by atomic mass is 19.2. The average molecular weight is 1350 g/mol. The molecule has 5 aromatic carbocycles. The molecule has 6 aliphatic rings. The zero-order valence-electron chi connectivity index (χ0n) is 52.7. The fourth-order valence-corrected chi connectivity index (χ4v) is 11.3. The van der Waals surface area contributed by atoms with Gasteiger partial charge in [0.05, 0.1) is 53.9 Å². The molecule has 98 heavy (non-hydrogen) atoms. The minimum atomic E-state index is -1.45. The number of nitriles is 3. The smallest absolute Gasteiger partial charge is 0.248 e. The summed E-state index contributed by atoms with van der Waals surface area (Å²) < 4.78 is 87.2. The summed E-state index contributed by atoms with van der Waals surface area (Å²) in [5.74, 6) is -2.66. The first-order valence-electron chi connectivity index (χ1n) is 31.9. The van der Waals surface area contributed by atoms with E-state index in [1.54, 1.807) is 109 Å². The van der Waals surface area contributed by atoms with Crippen molar-refractivity contribution in [3.05, 3.63) is 138 Å². The number of anilines is 3. The molecule has 6 N–H and O–H groups in total. The first-order chi connectivity index (χ1) is 47.3. The molecule has 510 valence electrons. The fraction of sp³-hybridized carbons (Fsp3) is 0.380. The van der Waals surface area contributed by atoms with Crippen LogP contribution in [0.3, 0.4) is 0 Å². The second-order valence-corrected chi connectivity index (χ2v) is 24.4. The molecule has 10 atom stereocenters. The Morgan fingerprint density at radius 1 is 0.449 bits per heavy atom. The van der Waals surface area contributed by atoms with Crippen molar-refractivity contribution in [3.8, 4) is 69.0 Å². The maximum atomic E-state index is 14.6. The van der Waals surface area contributed by atoms with E-state index in [0.717, 1.165) is 24.0 Å². The topological polar surface area (TPSA) is 321 Å². The zero-order valence-corrected chi connectivity index (χ0v) is 52.7. The number of ether oxygens (including phenoxy) is 3. The van der Waals surface area contributed by atoms with Crippen LogP contribution in [-0.2, 0) is 28.8 Å². The summed E-state index contributed by atoms with van der Waals surface area (Å²) in [4.78, 5) is 78.8. The number of alkyl halides is 5. The van der Waals surface area contributed by atoms with Crippen molar-refractivity contribution in [1.29, 1.82) is 15.8 Å². The molecule has 1 aromatic heterocycles. The molecule has 3 aliphatic carbocycles. The molecule has 27 heteroatoms. The number of rotatable bonds is 18. The Morgan fingerprint density at radius 2 is 0.796 bits per heavy atom. The number of carbonyl (C=O) groups is 6. The van der Waals surface area contributed by atoms with Crippen LogP contribution in [0, 0.1) is 51.7 Å². The summed E-state index contributed by atoms with van der Waals surface area (Å²) in [7, 11) is 0. The first-order valence-corrected chi connectivity index (χ1v) is 31.9. The lowest BCUT2D eigenvalue weighted by molar-refractivity contribution is -0.138. The summed E-state index contributed by atoms with van der Waals surface area (Å²) in [5.41, 5.74) is 6.49. The largest absolute Gasteiger partial charge is 0.486 e. The second kappa shape index (κ2) is 32.0. The summed E-state index contributed by atoms with van der Waals surface area (Å²) in [6, 6.07) is 38.5. The molecule has 6 amide bonds. The number of amides is 6. The van der Waals surface area contributed by atoms with Crippen molar-refractivity contribution in [2.45, 2.75) is 94.1 Å². The number of nitrogens with zero attached hydrogens (tertiary/aromatic N) is 7. The molecule has 1 unspecified atom stereocenters. The van der Waals surface area contributed by atoms with E-state index < -0.39 is 98.5 Å². The number of piperidine rings is 3. The number of likely N-dealkylation sites (tertiary alicyclic amines) is 3. The maximum absolute atomic E-state index is 14.6. The Bertz CT molecular complexity index is 3920. The van der Waals surface area contributed by atoms with E-state index in [0.29, 0.717) is 39.4 Å². The number of halogens is 5. The van der Waals surface area contributed by atoms with E-state index in [4.69, 9.17) is 29.5 Å². The first kappa shape index (κ1) is 70.3. The van der Waals surface area contributed by atoms with Crippen LogP contribution in [0.25, 0.3) is 33.5 Å². The van der Waals surface area contributed by atoms with Crippen LogP contribution >= 0.6 is 0 Å². The van der Waals surface area contributed by atoms with E-state index in [-0.39, 0.29) is 129 Å². The Labute approximate surface area is 560 Å². The van der Waals surface area contributed by atoms with Crippen LogP contribution in [-0.4, -0.2) is 179 Å². The van der Waals surface area contributed by atoms with Crippen molar-refractivity contribution in [1.82, 2.24) is 19.7 Å². The number of aromatic nitrogens is 1. The quantitative estimate of drug-likeness (QED) is 0.0445. The van der Waals surface area contributed by atoms with E-state index in [9.17, 15) is 66.5 Å². The highest BCUT2D eigenvalue weighted by molar-refractivity contribution is 5.97. The lowest BCUT2D eigenvalue weighted by atomic mass is 10.0. The van der Waals surface area contributed by atoms with Crippen LogP contribution in [0.4, 0.5) is 39.0 Å². The Morgan fingerprint density at radius 3 is 1.14 bits per heavy atom. The molecule has 3 saturated heterocycles. The van der Waals surface area contributed by atoms with Gasteiger partial charge in [-0.3, -0.25) is 33.8 Å². The van der Waals surface area contributed by atoms with Crippen LogP contribution in [0.2, 0.25) is 0 Å². The molecule has 0 spiro atoms. The summed E-state index contributed by atoms with van der Waals surface area (Å²) in [6.07, 6.45) is -4.28. The average Bonchev–Trinajstić information content (AvgIpc) is 1.57. The van der Waals surface area contributed by atoms with Gasteiger partial charge >= 0.3 is 0 Å². The van der Waals surface area contributed by atoms with Crippen molar-refractivity contribution in [3.63, 3.8) is 0 Å². The molecule has 4 heterocycles. The van der Waals surface area contributed by atoms with Crippen molar-refractivity contribution < 1.29 is 80.2 Å². The van der Waals surface area contributed by atoms with E-state index in [2.05, 4.69) is 39.1 Å². The predicted molar refractivity (Wildman–Crippen MR) is 345 cm³/mol. The minimum absolute atomic E-state index is 0.00359. The van der Waals surface area contributed by atoms with Gasteiger partial charge in [0, 0.05) is 73.6 Å². The van der Waals surface area contributed by atoms with Gasteiger partial charge in [0.1, 0.15) is 85.9 Å². The molecule has 6 aromatic rings. The SMILES string of the molecule is N#Cc1cc(-c2cc(NC(=O)C3CC3)ccn2)ccc1O[C@H]1CCN(C(=O)CO)C[C@H]1F.N#Cc1cc(-c2cccc(NC(=O)C3C[C@@H]3F)c2)ccc1O[C@H]1CCN(C(=O)CO)C[C@H]1F.N#Cc1cc(-c2cccc(NC(=O)[C@@H]3C[C@H]3F)c2)ccc1O[C@H]1CCN(C(=O)CO)C[C@H]1F. The molecule has 3 aliphatic heterocycles. The lowest BCUT2D eigenvalue weighted by Crippen LogP contribution is -2.50. The number of carbonyl (C=O) groups excluding carboxylic acids is 6.